The maximum absolute atomic E-state index is 13.0. The lowest BCUT2D eigenvalue weighted by molar-refractivity contribution is 0.0717. The molecule has 6 heteroatoms. The Morgan fingerprint density at radius 3 is 2.50 bits per heavy atom. The molecule has 6 nitrogen and oxygen atoms in total. The van der Waals surface area contributed by atoms with Gasteiger partial charge in [0, 0.05) is 38.7 Å². The number of nitrogens with zero attached hydrogens (tertiary/aromatic N) is 5. The maximum atomic E-state index is 13.0. The van der Waals surface area contributed by atoms with Crippen LogP contribution in [0.3, 0.4) is 0 Å². The summed E-state index contributed by atoms with van der Waals surface area (Å²) in [5, 5.41) is 4.32. The van der Waals surface area contributed by atoms with Gasteiger partial charge in [0.05, 0.1) is 6.54 Å². The maximum Gasteiger partial charge on any atom is 0.275 e. The fraction of sp³-hybridized carbons (Fsp3) is 0.278. The lowest BCUT2D eigenvalue weighted by Gasteiger charge is -2.21. The third kappa shape index (κ3) is 3.37. The summed E-state index contributed by atoms with van der Waals surface area (Å²) in [6.07, 6.45) is 3.62. The lowest BCUT2D eigenvalue weighted by atomic mass is 10.2. The number of aromatic nitrogens is 4. The summed E-state index contributed by atoms with van der Waals surface area (Å²) >= 11 is 0. The highest BCUT2D eigenvalue weighted by Gasteiger charge is 2.21. The van der Waals surface area contributed by atoms with Crippen molar-refractivity contribution < 1.29 is 4.79 Å². The molecular weight excluding hydrogens is 302 g/mol. The average molecular weight is 323 g/mol. The molecule has 0 fully saturated rings. The molecule has 0 aliphatic rings. The minimum atomic E-state index is -0.0921. The molecule has 0 saturated heterocycles. The van der Waals surface area contributed by atoms with Crippen molar-refractivity contribution in [1.29, 1.82) is 0 Å². The largest absolute Gasteiger partial charge is 0.337 e. The van der Waals surface area contributed by atoms with Gasteiger partial charge in [-0.1, -0.05) is 30.3 Å². The van der Waals surface area contributed by atoms with Gasteiger partial charge in [-0.3, -0.25) is 9.48 Å². The molecule has 0 aliphatic carbocycles. The Labute approximate surface area is 141 Å². The number of amides is 1. The van der Waals surface area contributed by atoms with Crippen molar-refractivity contribution in [2.75, 3.05) is 0 Å². The number of hydrogen-bond acceptors (Lipinski definition) is 3. The summed E-state index contributed by atoms with van der Waals surface area (Å²) in [6.45, 7) is 2.89. The second kappa shape index (κ2) is 6.70. The van der Waals surface area contributed by atoms with Gasteiger partial charge in [0.2, 0.25) is 0 Å². The van der Waals surface area contributed by atoms with Crippen LogP contribution in [-0.2, 0) is 27.2 Å². The van der Waals surface area contributed by atoms with Gasteiger partial charge in [-0.25, -0.2) is 4.98 Å². The van der Waals surface area contributed by atoms with E-state index in [1.807, 2.05) is 68.2 Å². The SMILES string of the molecule is Cc1cc(C(=O)N(Cc2ccccc2)Cc2nccn2C)nn1C. The molecule has 24 heavy (non-hydrogen) atoms. The molecule has 2 aromatic heterocycles. The zero-order valence-electron chi connectivity index (χ0n) is 14.2. The molecule has 0 atom stereocenters. The topological polar surface area (TPSA) is 56.0 Å². The Morgan fingerprint density at radius 2 is 1.92 bits per heavy atom. The Kier molecular flexibility index (Phi) is 4.46. The summed E-state index contributed by atoms with van der Waals surface area (Å²) in [7, 11) is 3.77. The van der Waals surface area contributed by atoms with Gasteiger partial charge in [0.1, 0.15) is 5.82 Å². The van der Waals surface area contributed by atoms with Crippen LogP contribution in [-0.4, -0.2) is 30.1 Å². The average Bonchev–Trinajstić information content (AvgIpc) is 3.13. The molecule has 2 heterocycles. The van der Waals surface area contributed by atoms with E-state index in [0.717, 1.165) is 17.1 Å². The van der Waals surface area contributed by atoms with Crippen molar-refractivity contribution in [3.8, 4) is 0 Å². The first-order valence-corrected chi connectivity index (χ1v) is 7.84. The van der Waals surface area contributed by atoms with Gasteiger partial charge < -0.3 is 9.47 Å². The number of aryl methyl sites for hydroxylation is 3. The summed E-state index contributed by atoms with van der Waals surface area (Å²) in [6, 6.07) is 11.8. The first-order chi connectivity index (χ1) is 11.5. The van der Waals surface area contributed by atoms with Crippen LogP contribution >= 0.6 is 0 Å². The van der Waals surface area contributed by atoms with E-state index in [9.17, 15) is 4.79 Å². The van der Waals surface area contributed by atoms with Crippen LogP contribution in [0.1, 0.15) is 27.6 Å². The van der Waals surface area contributed by atoms with Crippen molar-refractivity contribution in [2.24, 2.45) is 14.1 Å². The van der Waals surface area contributed by atoms with Crippen LogP contribution in [0.25, 0.3) is 0 Å². The molecule has 124 valence electrons. The molecule has 0 unspecified atom stereocenters. The zero-order chi connectivity index (χ0) is 17.1. The van der Waals surface area contributed by atoms with Crippen LogP contribution in [0.4, 0.5) is 0 Å². The minimum absolute atomic E-state index is 0.0921. The highest BCUT2D eigenvalue weighted by molar-refractivity contribution is 5.92. The second-order valence-corrected chi connectivity index (χ2v) is 5.90. The normalized spacial score (nSPS) is 10.8. The number of carbonyl (C=O) groups excluding carboxylic acids is 1. The van der Waals surface area contributed by atoms with Crippen molar-refractivity contribution in [3.63, 3.8) is 0 Å². The lowest BCUT2D eigenvalue weighted by Crippen LogP contribution is -2.31. The van der Waals surface area contributed by atoms with E-state index in [1.165, 1.54) is 0 Å². The smallest absolute Gasteiger partial charge is 0.275 e. The minimum Gasteiger partial charge on any atom is -0.337 e. The monoisotopic (exact) mass is 323 g/mol. The van der Waals surface area contributed by atoms with Crippen molar-refractivity contribution in [2.45, 2.75) is 20.0 Å². The van der Waals surface area contributed by atoms with Crippen molar-refractivity contribution in [1.82, 2.24) is 24.2 Å². The van der Waals surface area contributed by atoms with E-state index in [4.69, 9.17) is 0 Å². The fourth-order valence-electron chi connectivity index (χ4n) is 2.55. The van der Waals surface area contributed by atoms with Crippen LogP contribution < -0.4 is 0 Å². The van der Waals surface area contributed by atoms with E-state index in [0.29, 0.717) is 18.8 Å². The molecule has 0 saturated carbocycles. The van der Waals surface area contributed by atoms with Crippen LogP contribution in [0.15, 0.2) is 48.8 Å². The molecule has 1 amide bonds. The quantitative estimate of drug-likeness (QED) is 0.724. The highest BCUT2D eigenvalue weighted by atomic mass is 16.2. The molecule has 0 N–H and O–H groups in total. The highest BCUT2D eigenvalue weighted by Crippen LogP contribution is 2.13. The summed E-state index contributed by atoms with van der Waals surface area (Å²) in [5.41, 5.74) is 2.49. The summed E-state index contributed by atoms with van der Waals surface area (Å²) in [4.78, 5) is 19.1. The molecule has 0 bridgehead atoms. The van der Waals surface area contributed by atoms with Crippen LogP contribution in [0.2, 0.25) is 0 Å². The predicted molar refractivity (Wildman–Crippen MR) is 91.2 cm³/mol. The fourth-order valence-corrected chi connectivity index (χ4v) is 2.55. The van der Waals surface area contributed by atoms with Gasteiger partial charge in [-0.15, -0.1) is 0 Å². The molecular formula is C18H21N5O. The zero-order valence-corrected chi connectivity index (χ0v) is 14.2. The molecule has 0 radical (unpaired) electrons. The molecule has 3 rings (SSSR count). The van der Waals surface area contributed by atoms with E-state index in [-0.39, 0.29) is 5.91 Å². The van der Waals surface area contributed by atoms with Crippen LogP contribution in [0.5, 0.6) is 0 Å². The van der Waals surface area contributed by atoms with E-state index in [2.05, 4.69) is 10.1 Å². The predicted octanol–water partition coefficient (Wildman–Crippen LogP) is 2.30. The number of benzene rings is 1. The first-order valence-electron chi connectivity index (χ1n) is 7.84. The molecule has 1 aromatic carbocycles. The summed E-state index contributed by atoms with van der Waals surface area (Å²) in [5.74, 6) is 0.748. The van der Waals surface area contributed by atoms with Gasteiger partial charge in [-0.2, -0.15) is 5.10 Å². The first kappa shape index (κ1) is 16.0. The van der Waals surface area contributed by atoms with Crippen molar-refractivity contribution >= 4 is 5.91 Å². The Hall–Kier alpha value is -2.89. The Bertz CT molecular complexity index is 815. The molecule has 0 spiro atoms. The Balaban J connectivity index is 1.88. The van der Waals surface area contributed by atoms with E-state index in [1.54, 1.807) is 15.8 Å². The third-order valence-corrected chi connectivity index (χ3v) is 4.09. The van der Waals surface area contributed by atoms with Crippen LogP contribution in [0, 0.1) is 6.92 Å². The van der Waals surface area contributed by atoms with Gasteiger partial charge >= 0.3 is 0 Å². The van der Waals surface area contributed by atoms with Gasteiger partial charge in [0.15, 0.2) is 5.69 Å². The summed E-state index contributed by atoms with van der Waals surface area (Å²) < 4.78 is 3.64. The number of rotatable bonds is 5. The van der Waals surface area contributed by atoms with Gasteiger partial charge in [-0.05, 0) is 18.6 Å². The number of carbonyl (C=O) groups is 1. The van der Waals surface area contributed by atoms with Gasteiger partial charge in [0.25, 0.3) is 5.91 Å². The van der Waals surface area contributed by atoms with E-state index < -0.39 is 0 Å². The second-order valence-electron chi connectivity index (χ2n) is 5.90. The number of imidazole rings is 1. The molecule has 0 aliphatic heterocycles. The number of hydrogen-bond donors (Lipinski definition) is 0. The van der Waals surface area contributed by atoms with Crippen molar-refractivity contribution in [3.05, 3.63) is 71.6 Å². The molecule has 3 aromatic rings. The van der Waals surface area contributed by atoms with E-state index >= 15 is 0 Å². The third-order valence-electron chi connectivity index (χ3n) is 4.09. The standard InChI is InChI=1S/C18H21N5O/c1-14-11-16(20-22(14)3)18(24)23(12-15-7-5-4-6-8-15)13-17-19-9-10-21(17)2/h4-11H,12-13H2,1-3H3. The Morgan fingerprint density at radius 1 is 1.17 bits per heavy atom.